The average Bonchev–Trinajstić information content (AvgIpc) is 3.10. The molecule has 7 heteroatoms. The summed E-state index contributed by atoms with van der Waals surface area (Å²) in [7, 11) is 2.95. The van der Waals surface area contributed by atoms with Gasteiger partial charge in [0.2, 0.25) is 5.91 Å². The quantitative estimate of drug-likeness (QED) is 0.765. The number of rotatable bonds is 4. The zero-order valence-corrected chi connectivity index (χ0v) is 15.4. The van der Waals surface area contributed by atoms with E-state index in [0.29, 0.717) is 13.0 Å². The Labute approximate surface area is 156 Å². The van der Waals surface area contributed by atoms with Crippen LogP contribution in [0.25, 0.3) is 6.08 Å². The molecule has 2 aromatic rings. The van der Waals surface area contributed by atoms with Gasteiger partial charge in [-0.3, -0.25) is 14.2 Å². The summed E-state index contributed by atoms with van der Waals surface area (Å²) in [6, 6.07) is 6.42. The van der Waals surface area contributed by atoms with Crippen LogP contribution in [0.1, 0.15) is 24.0 Å². The first kappa shape index (κ1) is 18.8. The van der Waals surface area contributed by atoms with Gasteiger partial charge in [-0.15, -0.1) is 0 Å². The van der Waals surface area contributed by atoms with Crippen LogP contribution in [0.5, 0.6) is 0 Å². The minimum absolute atomic E-state index is 0.00640. The predicted octanol–water partition coefficient (Wildman–Crippen LogP) is 1.47. The smallest absolute Gasteiger partial charge is 0.330 e. The van der Waals surface area contributed by atoms with Gasteiger partial charge in [0, 0.05) is 39.0 Å². The number of hydrogen-bond donors (Lipinski definition) is 0. The third kappa shape index (κ3) is 4.07. The molecule has 6 nitrogen and oxygen atoms in total. The number of halogens is 1. The lowest BCUT2D eigenvalue weighted by atomic mass is 10.0. The Hall–Kier alpha value is -2.96. The molecule has 0 bridgehead atoms. The summed E-state index contributed by atoms with van der Waals surface area (Å²) >= 11 is 0. The molecule has 1 fully saturated rings. The van der Waals surface area contributed by atoms with Crippen molar-refractivity contribution < 1.29 is 9.18 Å². The van der Waals surface area contributed by atoms with Gasteiger partial charge in [-0.25, -0.2) is 9.18 Å². The lowest BCUT2D eigenvalue weighted by Crippen LogP contribution is -2.38. The van der Waals surface area contributed by atoms with E-state index >= 15 is 0 Å². The van der Waals surface area contributed by atoms with Crippen molar-refractivity contribution in [3.05, 3.63) is 74.3 Å². The van der Waals surface area contributed by atoms with Gasteiger partial charge in [-0.1, -0.05) is 12.1 Å². The zero-order valence-electron chi connectivity index (χ0n) is 15.4. The molecule has 27 heavy (non-hydrogen) atoms. The van der Waals surface area contributed by atoms with Crippen molar-refractivity contribution in [2.24, 2.45) is 14.1 Å². The topological polar surface area (TPSA) is 64.3 Å². The maximum Gasteiger partial charge on any atom is 0.330 e. The molecule has 3 rings (SSSR count). The first-order chi connectivity index (χ1) is 12.9. The van der Waals surface area contributed by atoms with E-state index in [-0.39, 0.29) is 23.3 Å². The van der Waals surface area contributed by atoms with Crippen LogP contribution in [-0.2, 0) is 25.3 Å². The average molecular weight is 371 g/mol. The molecular weight excluding hydrogens is 349 g/mol. The van der Waals surface area contributed by atoms with Crippen molar-refractivity contribution in [1.29, 1.82) is 0 Å². The monoisotopic (exact) mass is 371 g/mol. The predicted molar refractivity (Wildman–Crippen MR) is 101 cm³/mol. The Balaban J connectivity index is 1.76. The lowest BCUT2D eigenvalue weighted by molar-refractivity contribution is -0.126. The summed E-state index contributed by atoms with van der Waals surface area (Å²) in [5.41, 5.74) is 0.266. The third-order valence-electron chi connectivity index (χ3n) is 4.90. The number of amides is 1. The summed E-state index contributed by atoms with van der Waals surface area (Å²) in [6.07, 6.45) is 6.58. The second-order valence-corrected chi connectivity index (χ2v) is 6.84. The van der Waals surface area contributed by atoms with Crippen molar-refractivity contribution in [3.63, 3.8) is 0 Å². The van der Waals surface area contributed by atoms with E-state index < -0.39 is 11.2 Å². The highest BCUT2D eigenvalue weighted by Gasteiger charge is 2.27. The van der Waals surface area contributed by atoms with Crippen LogP contribution in [0.15, 0.2) is 46.1 Å². The molecule has 1 amide bonds. The first-order valence-electron chi connectivity index (χ1n) is 8.86. The molecule has 142 valence electrons. The highest BCUT2D eigenvalue weighted by molar-refractivity contribution is 5.92. The SMILES string of the molecule is Cn1cc(C=CC(=O)N2CCCC2Cc2cccc(F)c2)c(=O)n(C)c1=O. The van der Waals surface area contributed by atoms with E-state index in [9.17, 15) is 18.8 Å². The van der Waals surface area contributed by atoms with Gasteiger partial charge >= 0.3 is 5.69 Å². The zero-order chi connectivity index (χ0) is 19.6. The molecular formula is C20H22FN3O3. The van der Waals surface area contributed by atoms with Crippen LogP contribution in [0.3, 0.4) is 0 Å². The molecule has 1 atom stereocenters. The molecule has 2 heterocycles. The number of aryl methyl sites for hydroxylation is 1. The Morgan fingerprint density at radius 2 is 2.07 bits per heavy atom. The highest BCUT2D eigenvalue weighted by atomic mass is 19.1. The van der Waals surface area contributed by atoms with E-state index in [0.717, 1.165) is 23.0 Å². The number of carbonyl (C=O) groups is 1. The number of nitrogens with zero attached hydrogens (tertiary/aromatic N) is 3. The van der Waals surface area contributed by atoms with Crippen molar-refractivity contribution >= 4 is 12.0 Å². The molecule has 1 saturated heterocycles. The molecule has 0 aliphatic carbocycles. The van der Waals surface area contributed by atoms with Gasteiger partial charge < -0.3 is 9.47 Å². The Morgan fingerprint density at radius 3 is 2.81 bits per heavy atom. The Kier molecular flexibility index (Phi) is 5.39. The number of benzene rings is 1. The molecule has 1 aliphatic rings. The standard InChI is InChI=1S/C20H22FN3O3/c1-22-13-15(19(26)23(2)20(22)27)8-9-18(25)24-10-4-7-17(24)12-14-5-3-6-16(21)11-14/h3,5-6,8-9,11,13,17H,4,7,10,12H2,1-2H3. The van der Waals surface area contributed by atoms with Crippen LogP contribution < -0.4 is 11.2 Å². The minimum Gasteiger partial charge on any atom is -0.336 e. The molecule has 1 unspecified atom stereocenters. The molecule has 0 saturated carbocycles. The van der Waals surface area contributed by atoms with Crippen molar-refractivity contribution in [3.8, 4) is 0 Å². The summed E-state index contributed by atoms with van der Waals surface area (Å²) < 4.78 is 15.7. The minimum atomic E-state index is -0.445. The van der Waals surface area contributed by atoms with E-state index in [1.54, 1.807) is 18.0 Å². The number of likely N-dealkylation sites (tertiary alicyclic amines) is 1. The van der Waals surface area contributed by atoms with Crippen LogP contribution in [0.2, 0.25) is 0 Å². The van der Waals surface area contributed by atoms with Gasteiger partial charge in [-0.2, -0.15) is 0 Å². The van der Waals surface area contributed by atoms with E-state index in [2.05, 4.69) is 0 Å². The summed E-state index contributed by atoms with van der Waals surface area (Å²) in [4.78, 5) is 38.3. The fourth-order valence-electron chi connectivity index (χ4n) is 3.48. The molecule has 1 aliphatic heterocycles. The van der Waals surface area contributed by atoms with Gasteiger partial charge in [0.05, 0.1) is 5.56 Å². The lowest BCUT2D eigenvalue weighted by Gasteiger charge is -2.23. The first-order valence-corrected chi connectivity index (χ1v) is 8.86. The fourth-order valence-corrected chi connectivity index (χ4v) is 3.48. The second-order valence-electron chi connectivity index (χ2n) is 6.84. The maximum atomic E-state index is 13.4. The van der Waals surface area contributed by atoms with Crippen molar-refractivity contribution in [2.45, 2.75) is 25.3 Å². The number of hydrogen-bond acceptors (Lipinski definition) is 3. The Bertz CT molecular complexity index is 1010. The Morgan fingerprint density at radius 1 is 1.30 bits per heavy atom. The summed E-state index contributed by atoms with van der Waals surface area (Å²) in [6.45, 7) is 0.633. The van der Waals surface area contributed by atoms with E-state index in [4.69, 9.17) is 0 Å². The molecule has 0 N–H and O–H groups in total. The number of carbonyl (C=O) groups excluding carboxylic acids is 1. The summed E-state index contributed by atoms with van der Waals surface area (Å²) in [5, 5.41) is 0. The molecule has 0 spiro atoms. The van der Waals surface area contributed by atoms with Gasteiger partial charge in [-0.05, 0) is 43.0 Å². The molecule has 1 aromatic carbocycles. The van der Waals surface area contributed by atoms with Crippen LogP contribution in [-0.4, -0.2) is 32.5 Å². The van der Waals surface area contributed by atoms with Crippen molar-refractivity contribution in [2.75, 3.05) is 6.54 Å². The largest absolute Gasteiger partial charge is 0.336 e. The van der Waals surface area contributed by atoms with Gasteiger partial charge in [0.1, 0.15) is 5.82 Å². The van der Waals surface area contributed by atoms with Gasteiger partial charge in [0.25, 0.3) is 5.56 Å². The van der Waals surface area contributed by atoms with Crippen LogP contribution in [0, 0.1) is 5.82 Å². The van der Waals surface area contributed by atoms with E-state index in [1.807, 2.05) is 6.07 Å². The van der Waals surface area contributed by atoms with Gasteiger partial charge in [0.15, 0.2) is 0 Å². The maximum absolute atomic E-state index is 13.4. The normalized spacial score (nSPS) is 17.0. The third-order valence-corrected chi connectivity index (χ3v) is 4.90. The summed E-state index contributed by atoms with van der Waals surface area (Å²) in [5.74, 6) is -0.474. The van der Waals surface area contributed by atoms with Crippen LogP contribution >= 0.6 is 0 Å². The highest BCUT2D eigenvalue weighted by Crippen LogP contribution is 2.22. The fraction of sp³-hybridized carbons (Fsp3) is 0.350. The molecule has 1 aromatic heterocycles. The van der Waals surface area contributed by atoms with E-state index in [1.165, 1.54) is 42.1 Å². The van der Waals surface area contributed by atoms with Crippen molar-refractivity contribution in [1.82, 2.24) is 14.0 Å². The second kappa shape index (κ2) is 7.73. The number of aromatic nitrogens is 2. The molecule has 0 radical (unpaired) electrons. The van der Waals surface area contributed by atoms with Crippen LogP contribution in [0.4, 0.5) is 4.39 Å².